The molecule has 2 heteroatoms. The average Bonchev–Trinajstić information content (AvgIpc) is 2.16. The van der Waals surface area contributed by atoms with Crippen LogP contribution in [0.4, 0.5) is 0 Å². The Morgan fingerprint density at radius 1 is 1.33 bits per heavy atom. The van der Waals surface area contributed by atoms with Gasteiger partial charge in [0, 0.05) is 5.92 Å². The molecule has 0 saturated heterocycles. The molecule has 0 aromatic heterocycles. The zero-order chi connectivity index (χ0) is 8.81. The van der Waals surface area contributed by atoms with E-state index in [0.29, 0.717) is 6.42 Å². The predicted octanol–water partition coefficient (Wildman–Crippen LogP) is 1.04. The molecule has 1 aromatic rings. The van der Waals surface area contributed by atoms with E-state index < -0.39 is 0 Å². The second kappa shape index (κ2) is 4.67. The number of carbonyl (C=O) groups is 1. The van der Waals surface area contributed by atoms with Crippen LogP contribution in [0.1, 0.15) is 5.56 Å². The SMILES string of the molecule is O=CC(CO)Cc1ccccc1. The van der Waals surface area contributed by atoms with Crippen LogP contribution in [0.15, 0.2) is 30.3 Å². The van der Waals surface area contributed by atoms with Crippen molar-refractivity contribution in [2.45, 2.75) is 6.42 Å². The number of hydrogen-bond donors (Lipinski definition) is 1. The molecular weight excluding hydrogens is 152 g/mol. The standard InChI is InChI=1S/C10H12O2/c11-7-10(8-12)6-9-4-2-1-3-5-9/h1-5,7,10,12H,6,8H2. The summed E-state index contributed by atoms with van der Waals surface area (Å²) in [6.45, 7) is -0.0710. The first-order chi connectivity index (χ1) is 5.86. The normalized spacial score (nSPS) is 12.4. The van der Waals surface area contributed by atoms with Crippen LogP contribution in [-0.2, 0) is 11.2 Å². The van der Waals surface area contributed by atoms with Crippen molar-refractivity contribution in [1.82, 2.24) is 0 Å². The minimum Gasteiger partial charge on any atom is -0.396 e. The predicted molar refractivity (Wildman–Crippen MR) is 46.8 cm³/mol. The quantitative estimate of drug-likeness (QED) is 0.675. The van der Waals surface area contributed by atoms with Gasteiger partial charge in [-0.1, -0.05) is 30.3 Å². The molecule has 0 amide bonds. The Hall–Kier alpha value is -1.15. The van der Waals surface area contributed by atoms with E-state index in [0.717, 1.165) is 11.8 Å². The van der Waals surface area contributed by atoms with Gasteiger partial charge in [0.2, 0.25) is 0 Å². The summed E-state index contributed by atoms with van der Waals surface area (Å²) in [6.07, 6.45) is 1.42. The van der Waals surface area contributed by atoms with E-state index >= 15 is 0 Å². The lowest BCUT2D eigenvalue weighted by atomic mass is 10.0. The Balaban J connectivity index is 2.56. The zero-order valence-electron chi connectivity index (χ0n) is 6.81. The van der Waals surface area contributed by atoms with Crippen molar-refractivity contribution >= 4 is 6.29 Å². The molecule has 0 aliphatic heterocycles. The molecule has 0 aliphatic carbocycles. The highest BCUT2D eigenvalue weighted by atomic mass is 16.3. The maximum atomic E-state index is 10.4. The van der Waals surface area contributed by atoms with Crippen LogP contribution in [0, 0.1) is 5.92 Å². The lowest BCUT2D eigenvalue weighted by Crippen LogP contribution is -2.10. The average molecular weight is 164 g/mol. The maximum absolute atomic E-state index is 10.4. The summed E-state index contributed by atoms with van der Waals surface area (Å²) in [7, 11) is 0. The molecule has 0 saturated carbocycles. The van der Waals surface area contributed by atoms with Crippen molar-refractivity contribution in [3.05, 3.63) is 35.9 Å². The fraction of sp³-hybridized carbons (Fsp3) is 0.300. The number of aldehydes is 1. The van der Waals surface area contributed by atoms with Crippen molar-refractivity contribution in [2.24, 2.45) is 5.92 Å². The first kappa shape index (κ1) is 8.94. The number of rotatable bonds is 4. The first-order valence-electron chi connectivity index (χ1n) is 3.97. The monoisotopic (exact) mass is 164 g/mol. The fourth-order valence-electron chi connectivity index (χ4n) is 1.07. The molecule has 0 fully saturated rings. The highest BCUT2D eigenvalue weighted by Crippen LogP contribution is 2.05. The number of aliphatic hydroxyl groups excluding tert-OH is 1. The number of aliphatic hydroxyl groups is 1. The van der Waals surface area contributed by atoms with E-state index in [-0.39, 0.29) is 12.5 Å². The molecule has 0 aliphatic rings. The smallest absolute Gasteiger partial charge is 0.125 e. The van der Waals surface area contributed by atoms with Crippen molar-refractivity contribution in [3.63, 3.8) is 0 Å². The summed E-state index contributed by atoms with van der Waals surface area (Å²) in [6, 6.07) is 9.68. The molecule has 64 valence electrons. The van der Waals surface area contributed by atoms with Gasteiger partial charge in [0.25, 0.3) is 0 Å². The summed E-state index contributed by atoms with van der Waals surface area (Å²) in [5, 5.41) is 8.76. The van der Waals surface area contributed by atoms with Gasteiger partial charge in [-0.15, -0.1) is 0 Å². The van der Waals surface area contributed by atoms with E-state index in [1.54, 1.807) is 0 Å². The first-order valence-corrected chi connectivity index (χ1v) is 3.97. The zero-order valence-corrected chi connectivity index (χ0v) is 6.81. The highest BCUT2D eigenvalue weighted by Gasteiger charge is 2.05. The lowest BCUT2D eigenvalue weighted by Gasteiger charge is -2.05. The Bertz CT molecular complexity index is 231. The van der Waals surface area contributed by atoms with E-state index in [4.69, 9.17) is 5.11 Å². The van der Waals surface area contributed by atoms with Gasteiger partial charge in [-0.25, -0.2) is 0 Å². The molecule has 1 rings (SSSR count). The van der Waals surface area contributed by atoms with Gasteiger partial charge in [0.05, 0.1) is 6.61 Å². The molecule has 0 spiro atoms. The van der Waals surface area contributed by atoms with Gasteiger partial charge in [-0.3, -0.25) is 0 Å². The summed E-state index contributed by atoms with van der Waals surface area (Å²) < 4.78 is 0. The van der Waals surface area contributed by atoms with Gasteiger partial charge in [-0.2, -0.15) is 0 Å². The van der Waals surface area contributed by atoms with Crippen LogP contribution < -0.4 is 0 Å². The molecule has 12 heavy (non-hydrogen) atoms. The minimum atomic E-state index is -0.257. The van der Waals surface area contributed by atoms with E-state index in [1.807, 2.05) is 30.3 Å². The summed E-state index contributed by atoms with van der Waals surface area (Å²) >= 11 is 0. The molecule has 0 bridgehead atoms. The van der Waals surface area contributed by atoms with E-state index in [1.165, 1.54) is 0 Å². The molecule has 1 unspecified atom stereocenters. The van der Waals surface area contributed by atoms with Gasteiger partial charge in [-0.05, 0) is 12.0 Å². The van der Waals surface area contributed by atoms with Crippen molar-refractivity contribution in [2.75, 3.05) is 6.61 Å². The Labute approximate surface area is 71.8 Å². The molecule has 1 aromatic carbocycles. The number of carbonyl (C=O) groups excluding carboxylic acids is 1. The van der Waals surface area contributed by atoms with Crippen LogP contribution >= 0.6 is 0 Å². The Kier molecular flexibility index (Phi) is 3.48. The maximum Gasteiger partial charge on any atom is 0.125 e. The van der Waals surface area contributed by atoms with Crippen LogP contribution in [0.3, 0.4) is 0 Å². The lowest BCUT2D eigenvalue weighted by molar-refractivity contribution is -0.112. The number of benzene rings is 1. The molecular formula is C10H12O2. The van der Waals surface area contributed by atoms with Gasteiger partial charge in [0.1, 0.15) is 6.29 Å². The third-order valence-electron chi connectivity index (χ3n) is 1.77. The van der Waals surface area contributed by atoms with Crippen molar-refractivity contribution < 1.29 is 9.90 Å². The largest absolute Gasteiger partial charge is 0.396 e. The Morgan fingerprint density at radius 2 is 2.00 bits per heavy atom. The van der Waals surface area contributed by atoms with Crippen molar-refractivity contribution in [3.8, 4) is 0 Å². The van der Waals surface area contributed by atoms with Gasteiger partial charge >= 0.3 is 0 Å². The molecule has 1 atom stereocenters. The van der Waals surface area contributed by atoms with E-state index in [2.05, 4.69) is 0 Å². The second-order valence-corrected chi connectivity index (χ2v) is 2.77. The third-order valence-corrected chi connectivity index (χ3v) is 1.77. The van der Waals surface area contributed by atoms with Gasteiger partial charge in [0.15, 0.2) is 0 Å². The summed E-state index contributed by atoms with van der Waals surface area (Å²) in [5.41, 5.74) is 1.09. The Morgan fingerprint density at radius 3 is 2.50 bits per heavy atom. The van der Waals surface area contributed by atoms with Crippen LogP contribution in [0.2, 0.25) is 0 Å². The molecule has 0 radical (unpaired) electrons. The summed E-state index contributed by atoms with van der Waals surface area (Å²) in [5.74, 6) is -0.257. The van der Waals surface area contributed by atoms with Crippen LogP contribution in [-0.4, -0.2) is 18.0 Å². The molecule has 2 nitrogen and oxygen atoms in total. The van der Waals surface area contributed by atoms with Gasteiger partial charge < -0.3 is 9.90 Å². The second-order valence-electron chi connectivity index (χ2n) is 2.77. The topological polar surface area (TPSA) is 37.3 Å². The molecule has 0 heterocycles. The van der Waals surface area contributed by atoms with Crippen molar-refractivity contribution in [1.29, 1.82) is 0 Å². The minimum absolute atomic E-state index is 0.0710. The highest BCUT2D eigenvalue weighted by molar-refractivity contribution is 5.54. The number of hydrogen-bond acceptors (Lipinski definition) is 2. The van der Waals surface area contributed by atoms with E-state index in [9.17, 15) is 4.79 Å². The molecule has 1 N–H and O–H groups in total. The third kappa shape index (κ3) is 2.47. The fourth-order valence-corrected chi connectivity index (χ4v) is 1.07. The summed E-state index contributed by atoms with van der Waals surface area (Å²) in [4.78, 5) is 10.4. The van der Waals surface area contributed by atoms with Crippen LogP contribution in [0.5, 0.6) is 0 Å². The van der Waals surface area contributed by atoms with Crippen LogP contribution in [0.25, 0.3) is 0 Å².